The molecule has 7 rings (SSSR count). The molecular formula is C57H78N12O4. The molecule has 0 aliphatic rings. The van der Waals surface area contributed by atoms with E-state index in [-0.39, 0.29) is 55.4 Å². The van der Waals surface area contributed by atoms with Crippen molar-refractivity contribution in [3.05, 3.63) is 130 Å². The van der Waals surface area contributed by atoms with Crippen molar-refractivity contribution in [3.63, 3.8) is 0 Å². The van der Waals surface area contributed by atoms with Crippen LogP contribution in [0.25, 0.3) is 16.7 Å². The lowest BCUT2D eigenvalue weighted by Crippen LogP contribution is -2.18. The van der Waals surface area contributed by atoms with E-state index >= 15 is 0 Å². The summed E-state index contributed by atoms with van der Waals surface area (Å²) in [5.74, 6) is 0.381. The lowest BCUT2D eigenvalue weighted by molar-refractivity contribution is 0.438. The summed E-state index contributed by atoms with van der Waals surface area (Å²) in [6.45, 7) is 37.6. The molecule has 0 aliphatic heterocycles. The molecule has 16 heteroatoms. The zero-order chi connectivity index (χ0) is 55.2. The van der Waals surface area contributed by atoms with Crippen LogP contribution in [0, 0.1) is 4.91 Å². The summed E-state index contributed by atoms with van der Waals surface area (Å²) < 4.78 is 0. The van der Waals surface area contributed by atoms with E-state index in [1.807, 2.05) is 51.1 Å². The van der Waals surface area contributed by atoms with E-state index in [4.69, 9.17) is 17.2 Å². The van der Waals surface area contributed by atoms with Crippen LogP contribution in [0.15, 0.2) is 107 Å². The van der Waals surface area contributed by atoms with Crippen molar-refractivity contribution in [2.45, 2.75) is 157 Å². The van der Waals surface area contributed by atoms with E-state index in [9.17, 15) is 20.2 Å². The smallest absolute Gasteiger partial charge is 0.150 e. The third-order valence-electron chi connectivity index (χ3n) is 11.8. The first-order valence-corrected chi connectivity index (χ1v) is 24.2. The first kappa shape index (κ1) is 58.1. The Morgan fingerprint density at radius 1 is 0.425 bits per heavy atom. The van der Waals surface area contributed by atoms with Crippen molar-refractivity contribution in [1.29, 1.82) is 0 Å². The number of phenolic OH excluding ortho intramolecular Hbond substituents is 3. The second-order valence-corrected chi connectivity index (χ2v) is 24.3. The van der Waals surface area contributed by atoms with Gasteiger partial charge in [-0.2, -0.15) is 0 Å². The van der Waals surface area contributed by atoms with Crippen LogP contribution in [0.1, 0.15) is 158 Å². The van der Waals surface area contributed by atoms with Crippen LogP contribution in [0.3, 0.4) is 0 Å². The summed E-state index contributed by atoms with van der Waals surface area (Å²) in [5, 5.41) is 51.8. The third kappa shape index (κ3) is 15.3. The number of rotatable bonds is 4. The van der Waals surface area contributed by atoms with E-state index in [1.165, 1.54) is 11.0 Å². The highest BCUT2D eigenvalue weighted by molar-refractivity contribution is 5.73. The number of nitrogens with zero attached hydrogens (tertiary/aromatic N) is 9. The standard InChI is InChI=1S/C19H24N4O.C19H26N4O.C14H21NO2.C5H7N3/c1-18(2,3)12-9-13(19(4,5)6)17(24)16(10-12)23-21-14-7-8-20-11-15(14)22-23;1-18(2,3)12-9-13(19(4,5)6)17(24)15(10-12)22-23-16-11-21-8-7-14(16)20;1-13(2,3)9-7-10(14(4,5)6)12(16)11(8-9)15-17;6-4-1-2-8-3-5(4)7/h7-11,24H,1-6H3;7-11,24H,1-6H3,(H2,20,21);7-8,16H,1-6H3;1-3H,7H2,(H2,6,8). The monoisotopic (exact) mass is 995 g/mol. The van der Waals surface area contributed by atoms with Crippen molar-refractivity contribution in [1.82, 2.24) is 29.9 Å². The molecule has 0 saturated heterocycles. The molecule has 3 aromatic carbocycles. The molecule has 0 bridgehead atoms. The number of anilines is 3. The molecular weight excluding hydrogens is 917 g/mol. The molecule has 0 radical (unpaired) electrons. The summed E-state index contributed by atoms with van der Waals surface area (Å²) in [7, 11) is 0. The van der Waals surface area contributed by atoms with E-state index in [0.717, 1.165) is 38.9 Å². The first-order valence-electron chi connectivity index (χ1n) is 24.2. The van der Waals surface area contributed by atoms with E-state index in [0.29, 0.717) is 39.6 Å². The van der Waals surface area contributed by atoms with Crippen LogP contribution in [0.4, 0.5) is 34.1 Å². The Kier molecular flexibility index (Phi) is 17.6. The Balaban J connectivity index is 0.000000223. The first-order chi connectivity index (χ1) is 33.4. The van der Waals surface area contributed by atoms with Gasteiger partial charge in [-0.3, -0.25) is 15.0 Å². The Morgan fingerprint density at radius 2 is 0.822 bits per heavy atom. The van der Waals surface area contributed by atoms with Gasteiger partial charge in [-0.25, -0.2) is 0 Å². The summed E-state index contributed by atoms with van der Waals surface area (Å²) in [6, 6.07) is 16.7. The van der Waals surface area contributed by atoms with Gasteiger partial charge >= 0.3 is 0 Å². The number of hydrogen-bond donors (Lipinski definition) is 6. The SMILES string of the molecule is CC(C)(C)c1cc(-n2nc3ccncc3n2)c(O)c(C(C)(C)C)c1.CC(C)(C)c1cc(N=Nc2cnccc2N)c(O)c(C(C)(C)C)c1.CC(C)(C)c1cc(N=O)c(O)c(C(C)(C)C)c1.Nc1ccncc1N. The largest absolute Gasteiger partial charge is 0.505 e. The third-order valence-corrected chi connectivity index (χ3v) is 11.8. The minimum absolute atomic E-state index is 0.000463. The molecule has 390 valence electrons. The van der Waals surface area contributed by atoms with E-state index < -0.39 is 0 Å². The topological polar surface area (TPSA) is 262 Å². The quantitative estimate of drug-likeness (QED) is 0.0710. The molecule has 0 spiro atoms. The van der Waals surface area contributed by atoms with Gasteiger partial charge in [0.15, 0.2) is 0 Å². The molecule has 0 saturated carbocycles. The minimum Gasteiger partial charge on any atom is -0.505 e. The molecule has 0 atom stereocenters. The lowest BCUT2D eigenvalue weighted by Gasteiger charge is -2.27. The number of hydrogen-bond acceptors (Lipinski definition) is 15. The summed E-state index contributed by atoms with van der Waals surface area (Å²) >= 11 is 0. The van der Waals surface area contributed by atoms with Gasteiger partial charge in [-0.15, -0.1) is 30.1 Å². The van der Waals surface area contributed by atoms with Gasteiger partial charge in [0.2, 0.25) is 0 Å². The molecule has 0 fully saturated rings. The van der Waals surface area contributed by atoms with Crippen LogP contribution in [0.5, 0.6) is 17.2 Å². The molecule has 0 aliphatic carbocycles. The van der Waals surface area contributed by atoms with Gasteiger partial charge in [0.05, 0.1) is 35.7 Å². The Morgan fingerprint density at radius 3 is 1.25 bits per heavy atom. The van der Waals surface area contributed by atoms with Crippen molar-refractivity contribution in [2.75, 3.05) is 17.2 Å². The van der Waals surface area contributed by atoms with Crippen LogP contribution < -0.4 is 17.2 Å². The highest BCUT2D eigenvalue weighted by atomic mass is 16.3. The number of pyridine rings is 3. The van der Waals surface area contributed by atoms with Gasteiger partial charge in [0.1, 0.15) is 51.0 Å². The zero-order valence-electron chi connectivity index (χ0n) is 46.2. The average Bonchev–Trinajstić information content (AvgIpc) is 3.70. The molecule has 7 aromatic rings. The van der Waals surface area contributed by atoms with Crippen LogP contribution >= 0.6 is 0 Å². The molecule has 16 nitrogen and oxygen atoms in total. The van der Waals surface area contributed by atoms with Gasteiger partial charge in [0.25, 0.3) is 0 Å². The van der Waals surface area contributed by atoms with Crippen molar-refractivity contribution in [3.8, 4) is 22.9 Å². The maximum Gasteiger partial charge on any atom is 0.150 e. The average molecular weight is 995 g/mol. The predicted molar refractivity (Wildman–Crippen MR) is 298 cm³/mol. The number of azo groups is 1. The minimum atomic E-state index is -0.217. The predicted octanol–water partition coefficient (Wildman–Crippen LogP) is 14.1. The molecule has 4 heterocycles. The number of fused-ring (bicyclic) bond motifs is 1. The molecule has 0 amide bonds. The van der Waals surface area contributed by atoms with Crippen molar-refractivity contribution < 1.29 is 15.3 Å². The molecule has 0 unspecified atom stereocenters. The van der Waals surface area contributed by atoms with E-state index in [1.54, 1.807) is 49.2 Å². The van der Waals surface area contributed by atoms with Gasteiger partial charge < -0.3 is 32.5 Å². The molecule has 9 N–H and O–H groups in total. The fourth-order valence-corrected chi connectivity index (χ4v) is 7.05. The Labute approximate surface area is 431 Å². The number of aromatic hydroxyl groups is 3. The van der Waals surface area contributed by atoms with E-state index in [2.05, 4.69) is 150 Å². The highest BCUT2D eigenvalue weighted by Crippen LogP contribution is 2.44. The number of benzene rings is 3. The highest BCUT2D eigenvalue weighted by Gasteiger charge is 2.28. The van der Waals surface area contributed by atoms with Crippen LogP contribution in [0.2, 0.25) is 0 Å². The van der Waals surface area contributed by atoms with Crippen molar-refractivity contribution >= 4 is 45.2 Å². The number of nitrogen functional groups attached to an aromatic ring is 3. The number of nitroso groups, excluding NO2 is 1. The van der Waals surface area contributed by atoms with Gasteiger partial charge in [-0.1, -0.05) is 143 Å². The summed E-state index contributed by atoms with van der Waals surface area (Å²) in [6.07, 6.45) is 9.64. The number of aromatic nitrogens is 6. The summed E-state index contributed by atoms with van der Waals surface area (Å²) in [4.78, 5) is 24.1. The lowest BCUT2D eigenvalue weighted by atomic mass is 9.80. The second kappa shape index (κ2) is 22.1. The fraction of sp³-hybridized carbons (Fsp3) is 0.421. The summed E-state index contributed by atoms with van der Waals surface area (Å²) in [5.41, 5.74) is 26.2. The second-order valence-electron chi connectivity index (χ2n) is 24.3. The Hall–Kier alpha value is -7.49. The molecule has 73 heavy (non-hydrogen) atoms. The molecule has 4 aromatic heterocycles. The maximum absolute atomic E-state index is 10.9. The van der Waals surface area contributed by atoms with Gasteiger partial charge in [0, 0.05) is 35.3 Å². The zero-order valence-corrected chi connectivity index (χ0v) is 46.2. The number of phenols is 3. The van der Waals surface area contributed by atoms with Crippen molar-refractivity contribution in [2.24, 2.45) is 15.4 Å². The van der Waals surface area contributed by atoms with Crippen LogP contribution in [-0.2, 0) is 32.5 Å². The van der Waals surface area contributed by atoms with Crippen LogP contribution in [-0.4, -0.2) is 45.3 Å². The van der Waals surface area contributed by atoms with Gasteiger partial charge in [-0.05, 0) is 90.8 Å². The Bertz CT molecular complexity index is 3010. The maximum atomic E-state index is 10.9. The number of nitrogens with two attached hydrogens (primary N) is 3. The normalized spacial score (nSPS) is 12.3. The fourth-order valence-electron chi connectivity index (χ4n) is 7.05.